The van der Waals surface area contributed by atoms with Gasteiger partial charge in [0, 0.05) is 37.5 Å². The molecular weight excluding hydrogens is 316 g/mol. The maximum absolute atomic E-state index is 11.9. The fraction of sp³-hybridized carbons (Fsp3) is 0.357. The van der Waals surface area contributed by atoms with Crippen LogP contribution in [0.15, 0.2) is 23.4 Å². The van der Waals surface area contributed by atoms with Gasteiger partial charge in [-0.2, -0.15) is 0 Å². The topological polar surface area (TPSA) is 102 Å². The van der Waals surface area contributed by atoms with Crippen LogP contribution in [0.5, 0.6) is 0 Å². The molecule has 8 nitrogen and oxygen atoms in total. The molecule has 122 valence electrons. The maximum Gasteiger partial charge on any atom is 0.225 e. The van der Waals surface area contributed by atoms with Crippen LogP contribution in [0.2, 0.25) is 0 Å². The van der Waals surface area contributed by atoms with Gasteiger partial charge in [-0.15, -0.1) is 5.10 Å². The van der Waals surface area contributed by atoms with Gasteiger partial charge in [0.2, 0.25) is 17.0 Å². The van der Waals surface area contributed by atoms with E-state index in [9.17, 15) is 9.59 Å². The van der Waals surface area contributed by atoms with Gasteiger partial charge >= 0.3 is 0 Å². The van der Waals surface area contributed by atoms with Crippen LogP contribution in [0.4, 0.5) is 11.4 Å². The van der Waals surface area contributed by atoms with Crippen molar-refractivity contribution in [2.45, 2.75) is 25.4 Å². The van der Waals surface area contributed by atoms with Gasteiger partial charge < -0.3 is 10.6 Å². The van der Waals surface area contributed by atoms with Gasteiger partial charge in [-0.05, 0) is 41.1 Å². The van der Waals surface area contributed by atoms with Gasteiger partial charge in [0.15, 0.2) is 0 Å². The molecule has 0 atom stereocenters. The average Bonchev–Trinajstić information content (AvgIpc) is 2.87. The van der Waals surface area contributed by atoms with Crippen molar-refractivity contribution >= 4 is 35.0 Å². The van der Waals surface area contributed by atoms with Crippen molar-refractivity contribution in [1.29, 1.82) is 0 Å². The maximum atomic E-state index is 11.9. The molecule has 0 radical (unpaired) electrons. The molecule has 1 aromatic heterocycles. The smallest absolute Gasteiger partial charge is 0.225 e. The normalized spacial score (nSPS) is 10.4. The summed E-state index contributed by atoms with van der Waals surface area (Å²) in [5.74, 6) is 0.377. The minimum absolute atomic E-state index is 0.0840. The van der Waals surface area contributed by atoms with Crippen LogP contribution in [0.25, 0.3) is 0 Å². The molecule has 1 aromatic carbocycles. The number of tetrazole rings is 1. The van der Waals surface area contributed by atoms with E-state index in [1.54, 1.807) is 23.9 Å². The number of thioether (sulfide) groups is 1. The van der Waals surface area contributed by atoms with Crippen molar-refractivity contribution in [1.82, 2.24) is 20.2 Å². The summed E-state index contributed by atoms with van der Waals surface area (Å²) in [4.78, 5) is 23.0. The van der Waals surface area contributed by atoms with Crippen LogP contribution in [-0.2, 0) is 16.6 Å². The first-order valence-electron chi connectivity index (χ1n) is 6.99. The zero-order valence-electron chi connectivity index (χ0n) is 13.2. The predicted molar refractivity (Wildman–Crippen MR) is 88.3 cm³/mol. The molecule has 1 heterocycles. The number of amides is 2. The van der Waals surface area contributed by atoms with E-state index in [0.717, 1.165) is 11.3 Å². The summed E-state index contributed by atoms with van der Waals surface area (Å²) in [5.41, 5.74) is 2.32. The third-order valence-corrected chi connectivity index (χ3v) is 3.97. The lowest BCUT2D eigenvalue weighted by Crippen LogP contribution is -2.13. The number of benzene rings is 1. The van der Waals surface area contributed by atoms with E-state index in [2.05, 4.69) is 26.2 Å². The van der Waals surface area contributed by atoms with Crippen LogP contribution >= 0.6 is 11.8 Å². The Morgan fingerprint density at radius 3 is 2.70 bits per heavy atom. The Bertz CT molecular complexity index is 715. The summed E-state index contributed by atoms with van der Waals surface area (Å²) >= 11 is 1.42. The Labute approximate surface area is 138 Å². The molecule has 2 N–H and O–H groups in total. The number of hydrogen-bond acceptors (Lipinski definition) is 6. The number of aryl methyl sites for hydroxylation is 2. The zero-order valence-corrected chi connectivity index (χ0v) is 14.0. The van der Waals surface area contributed by atoms with Crippen molar-refractivity contribution in [3.63, 3.8) is 0 Å². The SMILES string of the molecule is CC(=O)Nc1ccc(NC(=O)CCSc2nnnn2C)cc1C. The van der Waals surface area contributed by atoms with E-state index in [0.29, 0.717) is 23.0 Å². The Hall–Kier alpha value is -2.42. The summed E-state index contributed by atoms with van der Waals surface area (Å²) in [6, 6.07) is 5.35. The van der Waals surface area contributed by atoms with E-state index in [4.69, 9.17) is 0 Å². The van der Waals surface area contributed by atoms with Crippen molar-refractivity contribution in [2.24, 2.45) is 7.05 Å². The molecule has 0 aliphatic carbocycles. The Balaban J connectivity index is 1.84. The molecule has 0 aliphatic heterocycles. The van der Waals surface area contributed by atoms with Crippen LogP contribution in [0, 0.1) is 6.92 Å². The molecule has 0 spiro atoms. The van der Waals surface area contributed by atoms with E-state index >= 15 is 0 Å². The first kappa shape index (κ1) is 16.9. The van der Waals surface area contributed by atoms with Crippen molar-refractivity contribution in [2.75, 3.05) is 16.4 Å². The Kier molecular flexibility index (Phi) is 5.69. The Morgan fingerprint density at radius 2 is 2.09 bits per heavy atom. The number of aromatic nitrogens is 4. The van der Waals surface area contributed by atoms with Gasteiger partial charge in [0.25, 0.3) is 0 Å². The summed E-state index contributed by atoms with van der Waals surface area (Å²) in [5, 5.41) is 17.3. The highest BCUT2D eigenvalue weighted by Crippen LogP contribution is 2.20. The van der Waals surface area contributed by atoms with Gasteiger partial charge in [-0.1, -0.05) is 11.8 Å². The second-order valence-electron chi connectivity index (χ2n) is 4.94. The lowest BCUT2D eigenvalue weighted by molar-refractivity contribution is -0.116. The summed E-state index contributed by atoms with van der Waals surface area (Å²) in [6.07, 6.45) is 0.351. The minimum Gasteiger partial charge on any atom is -0.326 e. The average molecular weight is 334 g/mol. The standard InChI is InChI=1S/C14H18N6O2S/c1-9-8-11(4-5-12(9)15-10(2)21)16-13(22)6-7-23-14-17-18-19-20(14)3/h4-5,8H,6-7H2,1-3H3,(H,15,21)(H,16,22). The van der Waals surface area contributed by atoms with Crippen molar-refractivity contribution in [3.8, 4) is 0 Å². The van der Waals surface area contributed by atoms with Crippen molar-refractivity contribution < 1.29 is 9.59 Å². The first-order chi connectivity index (χ1) is 11.0. The number of nitrogens with zero attached hydrogens (tertiary/aromatic N) is 4. The lowest BCUT2D eigenvalue weighted by Gasteiger charge is -2.10. The number of carbonyl (C=O) groups is 2. The molecule has 0 bridgehead atoms. The molecule has 0 saturated heterocycles. The number of rotatable bonds is 6. The van der Waals surface area contributed by atoms with E-state index in [1.165, 1.54) is 18.7 Å². The summed E-state index contributed by atoms with van der Waals surface area (Å²) in [6.45, 7) is 3.33. The first-order valence-corrected chi connectivity index (χ1v) is 7.97. The van der Waals surface area contributed by atoms with Crippen LogP contribution in [0.1, 0.15) is 18.9 Å². The zero-order chi connectivity index (χ0) is 16.8. The molecule has 0 saturated carbocycles. The molecule has 0 unspecified atom stereocenters. The highest BCUT2D eigenvalue weighted by Gasteiger charge is 2.08. The third-order valence-electron chi connectivity index (χ3n) is 2.96. The molecule has 9 heteroatoms. The molecule has 2 rings (SSSR count). The largest absolute Gasteiger partial charge is 0.326 e. The molecule has 23 heavy (non-hydrogen) atoms. The van der Waals surface area contributed by atoms with Gasteiger partial charge in [0.1, 0.15) is 0 Å². The minimum atomic E-state index is -0.125. The highest BCUT2D eigenvalue weighted by molar-refractivity contribution is 7.99. The lowest BCUT2D eigenvalue weighted by atomic mass is 10.1. The van der Waals surface area contributed by atoms with Gasteiger partial charge in [-0.3, -0.25) is 9.59 Å². The quantitative estimate of drug-likeness (QED) is 0.778. The van der Waals surface area contributed by atoms with Crippen molar-refractivity contribution in [3.05, 3.63) is 23.8 Å². The van der Waals surface area contributed by atoms with Crippen LogP contribution in [0.3, 0.4) is 0 Å². The number of nitrogens with one attached hydrogen (secondary N) is 2. The van der Waals surface area contributed by atoms with Gasteiger partial charge in [-0.25, -0.2) is 4.68 Å². The number of carbonyl (C=O) groups excluding carboxylic acids is 2. The molecule has 0 fully saturated rings. The second kappa shape index (κ2) is 7.73. The Morgan fingerprint density at radius 1 is 1.30 bits per heavy atom. The van der Waals surface area contributed by atoms with Crippen LogP contribution in [-0.4, -0.2) is 37.8 Å². The predicted octanol–water partition coefficient (Wildman–Crippen LogP) is 1.60. The monoisotopic (exact) mass is 334 g/mol. The molecular formula is C14H18N6O2S. The van der Waals surface area contributed by atoms with E-state index < -0.39 is 0 Å². The van der Waals surface area contributed by atoms with E-state index in [-0.39, 0.29) is 11.8 Å². The molecule has 2 amide bonds. The fourth-order valence-corrected chi connectivity index (χ4v) is 2.66. The van der Waals surface area contributed by atoms with Crippen LogP contribution < -0.4 is 10.6 Å². The number of hydrogen-bond donors (Lipinski definition) is 2. The molecule has 0 aliphatic rings. The fourth-order valence-electron chi connectivity index (χ4n) is 1.87. The number of anilines is 2. The summed E-state index contributed by atoms with van der Waals surface area (Å²) < 4.78 is 1.56. The summed E-state index contributed by atoms with van der Waals surface area (Å²) in [7, 11) is 1.75. The van der Waals surface area contributed by atoms with E-state index in [1.807, 2.05) is 13.0 Å². The third kappa shape index (κ3) is 5.06. The second-order valence-corrected chi connectivity index (χ2v) is 6.00. The molecule has 2 aromatic rings. The highest BCUT2D eigenvalue weighted by atomic mass is 32.2. The van der Waals surface area contributed by atoms with Gasteiger partial charge in [0.05, 0.1) is 0 Å².